The molecule has 3 aromatic carbocycles. The van der Waals surface area contributed by atoms with Crippen LogP contribution in [0.5, 0.6) is 11.5 Å². The SMILES string of the molecule is CCOOP(=O)(CCCOc1cc(C)c(-c2cccc(COc3ccc(CCC(=O)O)c(F)c3)c2)c(C)c1)OOCC. The average molecular weight is 605 g/mol. The summed E-state index contributed by atoms with van der Waals surface area (Å²) in [7, 11) is -3.55. The van der Waals surface area contributed by atoms with Gasteiger partial charge in [-0.05, 0) is 98.2 Å². The van der Waals surface area contributed by atoms with Gasteiger partial charge in [-0.25, -0.2) is 14.2 Å². The second-order valence-electron chi connectivity index (χ2n) is 9.57. The molecule has 0 saturated carbocycles. The summed E-state index contributed by atoms with van der Waals surface area (Å²) in [6.07, 6.45) is 0.461. The maximum absolute atomic E-state index is 14.4. The van der Waals surface area contributed by atoms with E-state index in [9.17, 15) is 13.8 Å². The van der Waals surface area contributed by atoms with Gasteiger partial charge in [-0.3, -0.25) is 9.36 Å². The average Bonchev–Trinajstić information content (AvgIpc) is 2.95. The molecule has 0 fully saturated rings. The lowest BCUT2D eigenvalue weighted by Gasteiger charge is -2.17. The molecule has 0 aromatic heterocycles. The van der Waals surface area contributed by atoms with Gasteiger partial charge in [0.25, 0.3) is 0 Å². The highest BCUT2D eigenvalue weighted by Crippen LogP contribution is 2.49. The van der Waals surface area contributed by atoms with Gasteiger partial charge < -0.3 is 14.6 Å². The highest BCUT2D eigenvalue weighted by Gasteiger charge is 2.27. The molecule has 0 aliphatic carbocycles. The van der Waals surface area contributed by atoms with E-state index >= 15 is 0 Å². The van der Waals surface area contributed by atoms with Gasteiger partial charge in [0.15, 0.2) is 0 Å². The van der Waals surface area contributed by atoms with E-state index in [2.05, 4.69) is 0 Å². The normalized spacial score (nSPS) is 11.5. The number of carboxylic acid groups (broad SMARTS) is 1. The predicted octanol–water partition coefficient (Wildman–Crippen LogP) is 7.60. The number of benzene rings is 3. The van der Waals surface area contributed by atoms with Crippen LogP contribution in [0.15, 0.2) is 54.6 Å². The Bertz CT molecular complexity index is 1340. The summed E-state index contributed by atoms with van der Waals surface area (Å²) in [6.45, 7) is 8.42. The van der Waals surface area contributed by atoms with Crippen LogP contribution in [0.25, 0.3) is 11.1 Å². The third-order valence-electron chi connectivity index (χ3n) is 6.17. The lowest BCUT2D eigenvalue weighted by molar-refractivity contribution is -0.263. The lowest BCUT2D eigenvalue weighted by atomic mass is 9.94. The number of ether oxygens (including phenoxy) is 2. The van der Waals surface area contributed by atoms with Crippen LogP contribution < -0.4 is 9.47 Å². The Morgan fingerprint density at radius 1 is 0.905 bits per heavy atom. The quantitative estimate of drug-likeness (QED) is 0.0679. The fraction of sp³-hybridized carbons (Fsp3) is 0.387. The van der Waals surface area contributed by atoms with Gasteiger partial charge in [0, 0.05) is 12.5 Å². The molecule has 0 unspecified atom stereocenters. The van der Waals surface area contributed by atoms with Crippen molar-refractivity contribution in [1.29, 1.82) is 0 Å². The molecule has 0 atom stereocenters. The zero-order valence-corrected chi connectivity index (χ0v) is 25.3. The first-order valence-electron chi connectivity index (χ1n) is 13.8. The van der Waals surface area contributed by atoms with Crippen molar-refractivity contribution in [2.45, 2.75) is 53.6 Å². The number of carboxylic acids is 1. The molecule has 1 N–H and O–H groups in total. The number of hydrogen-bond acceptors (Lipinski definition) is 8. The van der Waals surface area contributed by atoms with Gasteiger partial charge in [-0.2, -0.15) is 0 Å². The zero-order valence-electron chi connectivity index (χ0n) is 24.4. The van der Waals surface area contributed by atoms with Crippen molar-refractivity contribution in [1.82, 2.24) is 0 Å². The molecule has 228 valence electrons. The van der Waals surface area contributed by atoms with E-state index in [-0.39, 0.29) is 38.8 Å². The summed E-state index contributed by atoms with van der Waals surface area (Å²) in [5, 5.41) is 8.82. The number of carbonyl (C=O) groups is 1. The first-order chi connectivity index (χ1) is 20.1. The summed E-state index contributed by atoms with van der Waals surface area (Å²) in [4.78, 5) is 20.4. The van der Waals surface area contributed by atoms with Crippen LogP contribution in [-0.4, -0.2) is 37.1 Å². The van der Waals surface area contributed by atoms with Crippen molar-refractivity contribution in [3.05, 3.63) is 82.7 Å². The molecule has 3 aromatic rings. The van der Waals surface area contributed by atoms with Crippen molar-refractivity contribution in [3.8, 4) is 22.6 Å². The number of halogens is 1. The van der Waals surface area contributed by atoms with Gasteiger partial charge in [-0.1, -0.05) is 24.3 Å². The van der Waals surface area contributed by atoms with Crippen LogP contribution >= 0.6 is 7.60 Å². The largest absolute Gasteiger partial charge is 0.494 e. The van der Waals surface area contributed by atoms with Crippen molar-refractivity contribution in [3.63, 3.8) is 0 Å². The molecule has 9 nitrogen and oxygen atoms in total. The van der Waals surface area contributed by atoms with E-state index < -0.39 is 19.4 Å². The maximum atomic E-state index is 14.4. The van der Waals surface area contributed by atoms with Gasteiger partial charge in [0.05, 0.1) is 26.0 Å². The van der Waals surface area contributed by atoms with Crippen molar-refractivity contribution in [2.24, 2.45) is 0 Å². The monoisotopic (exact) mass is 604 g/mol. The van der Waals surface area contributed by atoms with E-state index in [0.29, 0.717) is 30.1 Å². The molecule has 3 rings (SSSR count). The van der Waals surface area contributed by atoms with Gasteiger partial charge in [-0.15, -0.1) is 9.35 Å². The third kappa shape index (κ3) is 10.2. The minimum Gasteiger partial charge on any atom is -0.494 e. The van der Waals surface area contributed by atoms with E-state index in [4.69, 9.17) is 33.7 Å². The first-order valence-corrected chi connectivity index (χ1v) is 15.5. The highest BCUT2D eigenvalue weighted by molar-refractivity contribution is 7.53. The number of aryl methyl sites for hydroxylation is 3. The molecule has 0 radical (unpaired) electrons. The van der Waals surface area contributed by atoms with Gasteiger partial charge in [0.1, 0.15) is 23.9 Å². The Kier molecular flexibility index (Phi) is 13.0. The fourth-order valence-corrected chi connectivity index (χ4v) is 5.53. The zero-order chi connectivity index (χ0) is 30.5. The van der Waals surface area contributed by atoms with E-state index in [0.717, 1.165) is 27.8 Å². The van der Waals surface area contributed by atoms with Crippen molar-refractivity contribution < 1.29 is 47.5 Å². The van der Waals surface area contributed by atoms with Crippen molar-refractivity contribution >= 4 is 13.6 Å². The minimum absolute atomic E-state index is 0.0689. The Balaban J connectivity index is 1.61. The van der Waals surface area contributed by atoms with Gasteiger partial charge in [0.2, 0.25) is 0 Å². The summed E-state index contributed by atoms with van der Waals surface area (Å²) in [5.41, 5.74) is 5.37. The van der Waals surface area contributed by atoms with E-state index in [1.807, 2.05) is 50.2 Å². The molecule has 0 bridgehead atoms. The number of hydrogen-bond donors (Lipinski definition) is 1. The minimum atomic E-state index is -3.55. The van der Waals surface area contributed by atoms with Crippen LogP contribution in [-0.2, 0) is 41.5 Å². The second-order valence-corrected chi connectivity index (χ2v) is 11.5. The van der Waals surface area contributed by atoms with Crippen LogP contribution in [0.1, 0.15) is 48.9 Å². The van der Waals surface area contributed by atoms with Crippen LogP contribution in [0.3, 0.4) is 0 Å². The molecule has 0 aliphatic heterocycles. The van der Waals surface area contributed by atoms with Crippen LogP contribution in [0, 0.1) is 19.7 Å². The standard InChI is InChI=1S/C31H38FO9P/c1-5-38-40-42(35,41-39-6-2)16-8-15-36-28-17-22(3)31(23(4)18-28)26-10-7-9-24(19-26)21-37-27-13-11-25(29(32)20-27)12-14-30(33)34/h7,9-11,13,17-20H,5-6,8,12,14-16,21H2,1-4H3,(H,33,34). The highest BCUT2D eigenvalue weighted by atomic mass is 31.2. The molecule has 42 heavy (non-hydrogen) atoms. The van der Waals surface area contributed by atoms with Crippen LogP contribution in [0.2, 0.25) is 0 Å². The predicted molar refractivity (Wildman–Crippen MR) is 156 cm³/mol. The maximum Gasteiger partial charge on any atom is 0.384 e. The Morgan fingerprint density at radius 2 is 1.60 bits per heavy atom. The number of aliphatic carboxylic acids is 1. The lowest BCUT2D eigenvalue weighted by Crippen LogP contribution is -2.06. The summed E-state index contributed by atoms with van der Waals surface area (Å²) in [5.74, 6) is -0.393. The second kappa shape index (κ2) is 16.4. The molecule has 0 amide bonds. The van der Waals surface area contributed by atoms with E-state index in [1.54, 1.807) is 26.0 Å². The smallest absolute Gasteiger partial charge is 0.384 e. The molecular formula is C31H38FO9P. The summed E-state index contributed by atoms with van der Waals surface area (Å²) < 4.78 is 48.6. The topological polar surface area (TPSA) is 110 Å². The molecule has 0 heterocycles. The molecule has 11 heteroatoms. The Hall–Kier alpha value is -3.27. The van der Waals surface area contributed by atoms with Gasteiger partial charge >= 0.3 is 13.6 Å². The third-order valence-corrected chi connectivity index (χ3v) is 7.70. The first kappa shape index (κ1) is 33.2. The molecule has 0 spiro atoms. The summed E-state index contributed by atoms with van der Waals surface area (Å²) in [6, 6.07) is 16.3. The molecule has 0 saturated heterocycles. The summed E-state index contributed by atoms with van der Waals surface area (Å²) >= 11 is 0. The Morgan fingerprint density at radius 3 is 2.21 bits per heavy atom. The van der Waals surface area contributed by atoms with Crippen molar-refractivity contribution in [2.75, 3.05) is 26.0 Å². The fourth-order valence-electron chi connectivity index (χ4n) is 4.31. The number of rotatable bonds is 18. The van der Waals surface area contributed by atoms with E-state index in [1.165, 1.54) is 6.07 Å². The molecular weight excluding hydrogens is 566 g/mol. The molecule has 0 aliphatic rings. The van der Waals surface area contributed by atoms with Crippen LogP contribution in [0.4, 0.5) is 4.39 Å². The Labute approximate surface area is 245 Å².